The van der Waals surface area contributed by atoms with Gasteiger partial charge in [0, 0.05) is 24.1 Å². The second kappa shape index (κ2) is 9.45. The molecule has 2 aromatic rings. The van der Waals surface area contributed by atoms with Gasteiger partial charge in [0.15, 0.2) is 0 Å². The van der Waals surface area contributed by atoms with Crippen LogP contribution < -0.4 is 9.47 Å². The summed E-state index contributed by atoms with van der Waals surface area (Å²) in [7, 11) is 1.67. The lowest BCUT2D eigenvalue weighted by Crippen LogP contribution is -2.22. The highest BCUT2D eigenvalue weighted by molar-refractivity contribution is 8.26. The SMILES string of the molecule is Cc1cccc(OCCCOc2ccc(Cl)cc2/C=C2\SC(=S)N(C)C2=O)c1. The minimum absolute atomic E-state index is 0.118. The Labute approximate surface area is 179 Å². The molecule has 0 bridgehead atoms. The van der Waals surface area contributed by atoms with Gasteiger partial charge >= 0.3 is 0 Å². The van der Waals surface area contributed by atoms with E-state index in [9.17, 15) is 4.79 Å². The van der Waals surface area contributed by atoms with E-state index in [-0.39, 0.29) is 5.91 Å². The van der Waals surface area contributed by atoms with Crippen LogP contribution in [0.5, 0.6) is 11.5 Å². The van der Waals surface area contributed by atoms with Crippen molar-refractivity contribution in [3.63, 3.8) is 0 Å². The Hall–Kier alpha value is -2.02. The second-order valence-corrected chi connectivity index (χ2v) is 8.40. The van der Waals surface area contributed by atoms with Gasteiger partial charge in [-0.05, 0) is 48.9 Å². The highest BCUT2D eigenvalue weighted by Gasteiger charge is 2.28. The molecule has 0 unspecified atom stereocenters. The lowest BCUT2D eigenvalue weighted by Gasteiger charge is -2.11. The molecule has 1 amide bonds. The summed E-state index contributed by atoms with van der Waals surface area (Å²) in [4.78, 5) is 14.2. The summed E-state index contributed by atoms with van der Waals surface area (Å²) in [6, 6.07) is 13.3. The summed E-state index contributed by atoms with van der Waals surface area (Å²) in [6.07, 6.45) is 2.50. The third-order valence-corrected chi connectivity index (χ3v) is 5.77. The molecule has 1 aliphatic rings. The maximum absolute atomic E-state index is 12.2. The van der Waals surface area contributed by atoms with Crippen LogP contribution in [0.15, 0.2) is 47.4 Å². The number of carbonyl (C=O) groups excluding carboxylic acids is 1. The zero-order valence-electron chi connectivity index (χ0n) is 15.6. The van der Waals surface area contributed by atoms with Gasteiger partial charge in [0.2, 0.25) is 0 Å². The molecule has 2 aromatic carbocycles. The van der Waals surface area contributed by atoms with Crippen LogP contribution in [0.2, 0.25) is 5.02 Å². The first-order chi connectivity index (χ1) is 13.4. The molecule has 1 saturated heterocycles. The number of aryl methyl sites for hydroxylation is 1. The van der Waals surface area contributed by atoms with Gasteiger partial charge in [0.25, 0.3) is 5.91 Å². The monoisotopic (exact) mass is 433 g/mol. The van der Waals surface area contributed by atoms with Crippen molar-refractivity contribution in [2.75, 3.05) is 20.3 Å². The quantitative estimate of drug-likeness (QED) is 0.335. The van der Waals surface area contributed by atoms with E-state index in [4.69, 9.17) is 33.3 Å². The van der Waals surface area contributed by atoms with E-state index in [0.29, 0.717) is 33.2 Å². The molecule has 0 aliphatic carbocycles. The number of ether oxygens (including phenoxy) is 2. The molecular formula is C21H20ClNO3S2. The van der Waals surface area contributed by atoms with Gasteiger partial charge in [-0.2, -0.15) is 0 Å². The molecule has 1 aliphatic heterocycles. The van der Waals surface area contributed by atoms with Crippen LogP contribution in [0.1, 0.15) is 17.5 Å². The molecular weight excluding hydrogens is 414 g/mol. The average molecular weight is 434 g/mol. The predicted molar refractivity (Wildman–Crippen MR) is 119 cm³/mol. The standard InChI is InChI=1S/C21H20ClNO3S2/c1-14-5-3-6-17(11-14)25-9-4-10-26-18-8-7-16(22)12-15(18)13-19-20(24)23(2)21(27)28-19/h3,5-8,11-13H,4,9-10H2,1-2H3/b19-13-. The van der Waals surface area contributed by atoms with Crippen molar-refractivity contribution in [1.29, 1.82) is 0 Å². The van der Waals surface area contributed by atoms with E-state index in [1.54, 1.807) is 25.3 Å². The Kier molecular flexibility index (Phi) is 6.99. The zero-order chi connectivity index (χ0) is 20.1. The molecule has 4 nitrogen and oxygen atoms in total. The van der Waals surface area contributed by atoms with Crippen molar-refractivity contribution >= 4 is 51.9 Å². The molecule has 1 fully saturated rings. The van der Waals surface area contributed by atoms with Crippen molar-refractivity contribution in [2.45, 2.75) is 13.3 Å². The van der Waals surface area contributed by atoms with E-state index in [2.05, 4.69) is 0 Å². The van der Waals surface area contributed by atoms with Crippen LogP contribution in [0.25, 0.3) is 6.08 Å². The number of amides is 1. The smallest absolute Gasteiger partial charge is 0.265 e. The van der Waals surface area contributed by atoms with Crippen LogP contribution in [-0.2, 0) is 4.79 Å². The number of nitrogens with zero attached hydrogens (tertiary/aromatic N) is 1. The maximum atomic E-state index is 12.2. The third kappa shape index (κ3) is 5.28. The molecule has 0 N–H and O–H groups in total. The van der Waals surface area contributed by atoms with Gasteiger partial charge in [0.1, 0.15) is 15.8 Å². The van der Waals surface area contributed by atoms with Gasteiger partial charge < -0.3 is 9.47 Å². The molecule has 28 heavy (non-hydrogen) atoms. The van der Waals surface area contributed by atoms with Crippen molar-refractivity contribution in [2.24, 2.45) is 0 Å². The van der Waals surface area contributed by atoms with Crippen molar-refractivity contribution < 1.29 is 14.3 Å². The van der Waals surface area contributed by atoms with Crippen molar-refractivity contribution in [1.82, 2.24) is 4.90 Å². The Morgan fingerprint density at radius 2 is 1.96 bits per heavy atom. The number of rotatable bonds is 7. The molecule has 146 valence electrons. The number of thioether (sulfide) groups is 1. The molecule has 3 rings (SSSR count). The van der Waals surface area contributed by atoms with Crippen molar-refractivity contribution in [3.8, 4) is 11.5 Å². The summed E-state index contributed by atoms with van der Waals surface area (Å²) in [6.45, 7) is 3.08. The Bertz CT molecular complexity index is 930. The van der Waals surface area contributed by atoms with Gasteiger partial charge in [-0.1, -0.05) is 47.7 Å². The topological polar surface area (TPSA) is 38.8 Å². The average Bonchev–Trinajstić information content (AvgIpc) is 2.90. The van der Waals surface area contributed by atoms with Gasteiger partial charge in [0.05, 0.1) is 18.1 Å². The van der Waals surface area contributed by atoms with Gasteiger partial charge in [-0.15, -0.1) is 0 Å². The number of thiocarbonyl (C=S) groups is 1. The van der Waals surface area contributed by atoms with Crippen LogP contribution in [0.4, 0.5) is 0 Å². The fourth-order valence-corrected chi connectivity index (χ4v) is 3.94. The number of halogens is 1. The van der Waals surface area contributed by atoms with Gasteiger partial charge in [-0.3, -0.25) is 9.69 Å². The van der Waals surface area contributed by atoms with Crippen LogP contribution >= 0.6 is 35.6 Å². The highest BCUT2D eigenvalue weighted by Crippen LogP contribution is 2.34. The van der Waals surface area contributed by atoms with E-state index < -0.39 is 0 Å². The minimum Gasteiger partial charge on any atom is -0.493 e. The summed E-state index contributed by atoms with van der Waals surface area (Å²) < 4.78 is 12.2. The summed E-state index contributed by atoms with van der Waals surface area (Å²) in [5.41, 5.74) is 1.91. The fraction of sp³-hybridized carbons (Fsp3) is 0.238. The lowest BCUT2D eigenvalue weighted by atomic mass is 10.2. The largest absolute Gasteiger partial charge is 0.493 e. The molecule has 0 spiro atoms. The fourth-order valence-electron chi connectivity index (χ4n) is 2.59. The maximum Gasteiger partial charge on any atom is 0.265 e. The summed E-state index contributed by atoms with van der Waals surface area (Å²) in [5, 5.41) is 0.577. The van der Waals surface area contributed by atoms with Crippen molar-refractivity contribution in [3.05, 3.63) is 63.5 Å². The lowest BCUT2D eigenvalue weighted by molar-refractivity contribution is -0.121. The molecule has 0 radical (unpaired) electrons. The third-order valence-electron chi connectivity index (χ3n) is 4.05. The van der Waals surface area contributed by atoms with Gasteiger partial charge in [-0.25, -0.2) is 0 Å². The second-order valence-electron chi connectivity index (χ2n) is 6.29. The normalized spacial score (nSPS) is 15.4. The summed E-state index contributed by atoms with van der Waals surface area (Å²) >= 11 is 12.6. The molecule has 1 heterocycles. The Balaban J connectivity index is 1.60. The predicted octanol–water partition coefficient (Wildman–Crippen LogP) is 5.33. The molecule has 7 heteroatoms. The Morgan fingerprint density at radius 1 is 1.18 bits per heavy atom. The number of hydrogen-bond acceptors (Lipinski definition) is 5. The number of carbonyl (C=O) groups is 1. The molecule has 0 saturated carbocycles. The van der Waals surface area contributed by atoms with Crippen LogP contribution in [0, 0.1) is 6.92 Å². The van der Waals surface area contributed by atoms with Crippen LogP contribution in [0.3, 0.4) is 0 Å². The number of benzene rings is 2. The molecule has 0 aromatic heterocycles. The van der Waals surface area contributed by atoms with E-state index in [0.717, 1.165) is 23.3 Å². The minimum atomic E-state index is -0.118. The van der Waals surface area contributed by atoms with E-state index in [1.165, 1.54) is 16.7 Å². The number of hydrogen-bond donors (Lipinski definition) is 0. The van der Waals surface area contributed by atoms with Crippen LogP contribution in [-0.4, -0.2) is 35.4 Å². The first kappa shape index (κ1) is 20.7. The number of likely N-dealkylation sites (N-methyl/N-ethyl adjacent to an activating group) is 1. The van der Waals surface area contributed by atoms with E-state index in [1.807, 2.05) is 37.3 Å². The zero-order valence-corrected chi connectivity index (χ0v) is 18.0. The first-order valence-corrected chi connectivity index (χ1v) is 10.4. The summed E-state index contributed by atoms with van der Waals surface area (Å²) in [5.74, 6) is 1.41. The highest BCUT2D eigenvalue weighted by atomic mass is 35.5. The first-order valence-electron chi connectivity index (χ1n) is 8.77. The Morgan fingerprint density at radius 3 is 2.68 bits per heavy atom. The van der Waals surface area contributed by atoms with E-state index >= 15 is 0 Å². The molecule has 0 atom stereocenters.